The molecule has 1 aromatic carbocycles. The Morgan fingerprint density at radius 2 is 1.70 bits per heavy atom. The minimum atomic E-state index is -1.41. The van der Waals surface area contributed by atoms with Gasteiger partial charge in [-0.15, -0.1) is 0 Å². The number of carbonyl (C=O) groups is 2. The molecule has 1 rings (SSSR count). The van der Waals surface area contributed by atoms with Gasteiger partial charge in [-0.3, -0.25) is 9.59 Å². The van der Waals surface area contributed by atoms with Crippen molar-refractivity contribution in [1.29, 1.82) is 0 Å². The van der Waals surface area contributed by atoms with E-state index in [0.717, 1.165) is 19.3 Å². The van der Waals surface area contributed by atoms with Crippen molar-refractivity contribution in [1.82, 2.24) is 0 Å². The van der Waals surface area contributed by atoms with Gasteiger partial charge >= 0.3 is 11.9 Å². The molecule has 5 nitrogen and oxygen atoms in total. The molecule has 0 radical (unpaired) electrons. The highest BCUT2D eigenvalue weighted by molar-refractivity contribution is 5.93. The van der Waals surface area contributed by atoms with Crippen molar-refractivity contribution in [2.24, 2.45) is 5.92 Å². The second-order valence-corrected chi connectivity index (χ2v) is 4.63. The van der Waals surface area contributed by atoms with E-state index in [1.807, 2.05) is 0 Å². The molecule has 0 aliphatic carbocycles. The maximum absolute atomic E-state index is 10.8. The third kappa shape index (κ3) is 5.30. The van der Waals surface area contributed by atoms with Crippen LogP contribution in [0.3, 0.4) is 0 Å². The van der Waals surface area contributed by atoms with E-state index < -0.39 is 17.9 Å². The van der Waals surface area contributed by atoms with Crippen LogP contribution in [0.15, 0.2) is 24.3 Å². The van der Waals surface area contributed by atoms with E-state index >= 15 is 0 Å². The lowest BCUT2D eigenvalue weighted by molar-refractivity contribution is -0.154. The van der Waals surface area contributed by atoms with Crippen molar-refractivity contribution >= 4 is 11.9 Å². The molecule has 110 valence electrons. The SMILES string of the molecule is CCCCCOc1ccc(CC(C(=O)O)C(=O)O)cc1. The van der Waals surface area contributed by atoms with E-state index in [4.69, 9.17) is 14.9 Å². The number of carboxylic acid groups (broad SMARTS) is 2. The maximum atomic E-state index is 10.8. The first-order valence-corrected chi connectivity index (χ1v) is 6.72. The molecular weight excluding hydrogens is 260 g/mol. The van der Waals surface area contributed by atoms with E-state index in [9.17, 15) is 9.59 Å². The predicted molar refractivity (Wildman–Crippen MR) is 73.9 cm³/mol. The Hall–Kier alpha value is -2.04. The predicted octanol–water partition coefficient (Wildman–Crippen LogP) is 2.58. The Balaban J connectivity index is 2.53. The third-order valence-electron chi connectivity index (χ3n) is 2.98. The van der Waals surface area contributed by atoms with Crippen molar-refractivity contribution in [3.63, 3.8) is 0 Å². The Morgan fingerprint density at radius 3 is 2.20 bits per heavy atom. The summed E-state index contributed by atoms with van der Waals surface area (Å²) in [6, 6.07) is 6.88. The zero-order valence-electron chi connectivity index (χ0n) is 11.5. The summed E-state index contributed by atoms with van der Waals surface area (Å²) < 4.78 is 5.53. The molecule has 0 saturated heterocycles. The highest BCUT2D eigenvalue weighted by Gasteiger charge is 2.25. The Labute approximate surface area is 118 Å². The van der Waals surface area contributed by atoms with Crippen LogP contribution in [-0.2, 0) is 16.0 Å². The zero-order chi connectivity index (χ0) is 15.0. The lowest BCUT2D eigenvalue weighted by Crippen LogP contribution is -2.25. The third-order valence-corrected chi connectivity index (χ3v) is 2.98. The number of benzene rings is 1. The minimum Gasteiger partial charge on any atom is -0.494 e. The number of hydrogen-bond donors (Lipinski definition) is 2. The molecule has 0 aliphatic rings. The molecule has 1 aromatic rings. The molecule has 0 fully saturated rings. The van der Waals surface area contributed by atoms with Crippen LogP contribution in [0.4, 0.5) is 0 Å². The topological polar surface area (TPSA) is 83.8 Å². The van der Waals surface area contributed by atoms with Gasteiger partial charge in [0.05, 0.1) is 6.61 Å². The van der Waals surface area contributed by atoms with Gasteiger partial charge in [-0.2, -0.15) is 0 Å². The Kier molecular flexibility index (Phi) is 6.56. The van der Waals surface area contributed by atoms with Crippen LogP contribution in [0.1, 0.15) is 31.7 Å². The second-order valence-electron chi connectivity index (χ2n) is 4.63. The number of hydrogen-bond acceptors (Lipinski definition) is 3. The molecule has 20 heavy (non-hydrogen) atoms. The van der Waals surface area contributed by atoms with E-state index in [1.54, 1.807) is 24.3 Å². The highest BCUT2D eigenvalue weighted by atomic mass is 16.5. The number of ether oxygens (including phenoxy) is 1. The van der Waals surface area contributed by atoms with Crippen LogP contribution < -0.4 is 4.74 Å². The standard InChI is InChI=1S/C15H20O5/c1-2-3-4-9-20-12-7-5-11(6-8-12)10-13(14(16)17)15(18)19/h5-8,13H,2-4,9-10H2,1H3,(H,16,17)(H,18,19). The normalized spacial score (nSPS) is 10.5. The van der Waals surface area contributed by atoms with Crippen LogP contribution in [0.2, 0.25) is 0 Å². The summed E-state index contributed by atoms with van der Waals surface area (Å²) in [4.78, 5) is 21.6. The summed E-state index contributed by atoms with van der Waals surface area (Å²) in [5, 5.41) is 17.6. The first-order valence-electron chi connectivity index (χ1n) is 6.72. The first kappa shape index (κ1) is 16.0. The molecule has 2 N–H and O–H groups in total. The first-order chi connectivity index (χ1) is 9.54. The average Bonchev–Trinajstić information content (AvgIpc) is 2.41. The van der Waals surface area contributed by atoms with E-state index in [0.29, 0.717) is 17.9 Å². The molecule has 0 bridgehead atoms. The maximum Gasteiger partial charge on any atom is 0.318 e. The van der Waals surface area contributed by atoms with Gasteiger partial charge in [0.2, 0.25) is 0 Å². The molecular formula is C15H20O5. The molecule has 0 aromatic heterocycles. The van der Waals surface area contributed by atoms with Crippen LogP contribution >= 0.6 is 0 Å². The van der Waals surface area contributed by atoms with Crippen LogP contribution in [0.25, 0.3) is 0 Å². The molecule has 0 saturated carbocycles. The fraction of sp³-hybridized carbons (Fsp3) is 0.467. The number of rotatable bonds is 9. The fourth-order valence-corrected chi connectivity index (χ4v) is 1.78. The molecule has 0 spiro atoms. The molecule has 0 aliphatic heterocycles. The highest BCUT2D eigenvalue weighted by Crippen LogP contribution is 2.16. The average molecular weight is 280 g/mol. The fourth-order valence-electron chi connectivity index (χ4n) is 1.78. The van der Waals surface area contributed by atoms with Gasteiger partial charge in [0.1, 0.15) is 5.75 Å². The summed E-state index contributed by atoms with van der Waals surface area (Å²) >= 11 is 0. The lowest BCUT2D eigenvalue weighted by Gasteiger charge is -2.09. The summed E-state index contributed by atoms with van der Waals surface area (Å²) in [6.45, 7) is 2.77. The summed E-state index contributed by atoms with van der Waals surface area (Å²) in [5.74, 6) is -3.34. The Bertz CT molecular complexity index is 424. The summed E-state index contributed by atoms with van der Waals surface area (Å²) in [7, 11) is 0. The van der Waals surface area contributed by atoms with Crippen LogP contribution in [-0.4, -0.2) is 28.8 Å². The quantitative estimate of drug-likeness (QED) is 0.536. The monoisotopic (exact) mass is 280 g/mol. The summed E-state index contributed by atoms with van der Waals surface area (Å²) in [5.41, 5.74) is 0.667. The van der Waals surface area contributed by atoms with Crippen molar-refractivity contribution in [2.75, 3.05) is 6.61 Å². The van der Waals surface area contributed by atoms with Crippen molar-refractivity contribution in [3.8, 4) is 5.75 Å². The zero-order valence-corrected chi connectivity index (χ0v) is 11.5. The molecule has 0 heterocycles. The summed E-state index contributed by atoms with van der Waals surface area (Å²) in [6.07, 6.45) is 3.23. The Morgan fingerprint density at radius 1 is 1.10 bits per heavy atom. The van der Waals surface area contributed by atoms with Gasteiger partial charge in [0.15, 0.2) is 5.92 Å². The van der Waals surface area contributed by atoms with Gasteiger partial charge in [-0.05, 0) is 30.5 Å². The van der Waals surface area contributed by atoms with Crippen LogP contribution in [0, 0.1) is 5.92 Å². The second kappa shape index (κ2) is 8.19. The molecule has 0 atom stereocenters. The lowest BCUT2D eigenvalue weighted by atomic mass is 10.00. The van der Waals surface area contributed by atoms with Gasteiger partial charge in [0.25, 0.3) is 0 Å². The van der Waals surface area contributed by atoms with E-state index in [1.165, 1.54) is 0 Å². The van der Waals surface area contributed by atoms with Crippen LogP contribution in [0.5, 0.6) is 5.75 Å². The number of carboxylic acids is 2. The number of unbranched alkanes of at least 4 members (excludes halogenated alkanes) is 2. The minimum absolute atomic E-state index is 0.0270. The molecule has 5 heteroatoms. The largest absolute Gasteiger partial charge is 0.494 e. The molecule has 0 amide bonds. The number of aliphatic carboxylic acids is 2. The van der Waals surface area contributed by atoms with Crippen molar-refractivity contribution in [2.45, 2.75) is 32.6 Å². The van der Waals surface area contributed by atoms with Crippen molar-refractivity contribution < 1.29 is 24.5 Å². The van der Waals surface area contributed by atoms with Gasteiger partial charge in [-0.1, -0.05) is 31.9 Å². The van der Waals surface area contributed by atoms with Gasteiger partial charge in [-0.25, -0.2) is 0 Å². The smallest absolute Gasteiger partial charge is 0.318 e. The van der Waals surface area contributed by atoms with Gasteiger partial charge in [0, 0.05) is 0 Å². The van der Waals surface area contributed by atoms with E-state index in [-0.39, 0.29) is 6.42 Å². The molecule has 0 unspecified atom stereocenters. The van der Waals surface area contributed by atoms with E-state index in [2.05, 4.69) is 6.92 Å². The van der Waals surface area contributed by atoms with Crippen molar-refractivity contribution in [3.05, 3.63) is 29.8 Å². The van der Waals surface area contributed by atoms with Gasteiger partial charge < -0.3 is 14.9 Å².